The van der Waals surface area contributed by atoms with Crippen molar-refractivity contribution in [3.8, 4) is 5.75 Å². The highest BCUT2D eigenvalue weighted by molar-refractivity contribution is 5.91. The number of piperazine rings is 1. The number of ether oxygens (including phenoxy) is 1. The molecule has 2 aromatic carbocycles. The van der Waals surface area contributed by atoms with E-state index in [9.17, 15) is 9.90 Å². The van der Waals surface area contributed by atoms with E-state index in [1.807, 2.05) is 49.5 Å². The van der Waals surface area contributed by atoms with Gasteiger partial charge in [-0.15, -0.1) is 0 Å². The predicted molar refractivity (Wildman–Crippen MR) is 111 cm³/mol. The fourth-order valence-corrected chi connectivity index (χ4v) is 3.32. The Kier molecular flexibility index (Phi) is 7.28. The van der Waals surface area contributed by atoms with Crippen LogP contribution in [0.25, 0.3) is 0 Å². The van der Waals surface area contributed by atoms with Crippen molar-refractivity contribution in [1.82, 2.24) is 9.80 Å². The van der Waals surface area contributed by atoms with Gasteiger partial charge in [0.15, 0.2) is 0 Å². The third-order valence-corrected chi connectivity index (χ3v) is 5.11. The molecule has 28 heavy (non-hydrogen) atoms. The highest BCUT2D eigenvalue weighted by Crippen LogP contribution is 2.24. The molecule has 6 nitrogen and oxygen atoms in total. The van der Waals surface area contributed by atoms with E-state index < -0.39 is 0 Å². The van der Waals surface area contributed by atoms with Gasteiger partial charge in [0.05, 0.1) is 24.9 Å². The lowest BCUT2D eigenvalue weighted by molar-refractivity contribution is 0.0754. The number of nitrogens with zero attached hydrogens (tertiary/aromatic N) is 2. The molecular weight excluding hydrogens is 354 g/mol. The van der Waals surface area contributed by atoms with Crippen molar-refractivity contribution in [1.29, 1.82) is 0 Å². The Labute approximate surface area is 166 Å². The molecule has 0 aromatic heterocycles. The third-order valence-electron chi connectivity index (χ3n) is 5.11. The standard InChI is InChI=1S/C22H29N3O3/c1-24-13-14-25(16-19(24)17-26)22(27)23-20-11-5-6-12-21(20)28-15-7-10-18-8-3-2-4-9-18/h2-6,8-9,11-12,19,26H,7,10,13-17H2,1H3,(H,23,27). The summed E-state index contributed by atoms with van der Waals surface area (Å²) in [6.45, 7) is 2.53. The Morgan fingerprint density at radius 2 is 1.89 bits per heavy atom. The normalized spacial score (nSPS) is 17.4. The van der Waals surface area contributed by atoms with E-state index in [1.165, 1.54) is 5.56 Å². The number of benzene rings is 2. The number of nitrogens with one attached hydrogen (secondary N) is 1. The molecule has 0 bridgehead atoms. The van der Waals surface area contributed by atoms with E-state index in [1.54, 1.807) is 4.90 Å². The van der Waals surface area contributed by atoms with Crippen LogP contribution < -0.4 is 10.1 Å². The fourth-order valence-electron chi connectivity index (χ4n) is 3.32. The number of aryl methyl sites for hydroxylation is 1. The number of hydrogen-bond donors (Lipinski definition) is 2. The van der Waals surface area contributed by atoms with Gasteiger partial charge in [0.1, 0.15) is 5.75 Å². The zero-order valence-electron chi connectivity index (χ0n) is 16.4. The molecule has 1 saturated heterocycles. The predicted octanol–water partition coefficient (Wildman–Crippen LogP) is 2.84. The molecule has 0 spiro atoms. The molecule has 2 N–H and O–H groups in total. The van der Waals surface area contributed by atoms with Gasteiger partial charge in [0.2, 0.25) is 0 Å². The van der Waals surface area contributed by atoms with Crippen LogP contribution in [0.15, 0.2) is 54.6 Å². The molecule has 1 atom stereocenters. The minimum Gasteiger partial charge on any atom is -0.491 e. The van der Waals surface area contributed by atoms with Crippen molar-refractivity contribution in [2.24, 2.45) is 0 Å². The zero-order chi connectivity index (χ0) is 19.8. The van der Waals surface area contributed by atoms with E-state index in [4.69, 9.17) is 4.74 Å². The minimum absolute atomic E-state index is 0.0241. The summed E-state index contributed by atoms with van der Waals surface area (Å²) in [7, 11) is 1.97. The highest BCUT2D eigenvalue weighted by Gasteiger charge is 2.27. The topological polar surface area (TPSA) is 65.0 Å². The van der Waals surface area contributed by atoms with Gasteiger partial charge in [-0.2, -0.15) is 0 Å². The lowest BCUT2D eigenvalue weighted by Crippen LogP contribution is -2.55. The number of urea groups is 1. The molecule has 0 aliphatic carbocycles. The molecular formula is C22H29N3O3. The van der Waals surface area contributed by atoms with Crippen LogP contribution in [0, 0.1) is 0 Å². The summed E-state index contributed by atoms with van der Waals surface area (Å²) in [4.78, 5) is 16.5. The van der Waals surface area contributed by atoms with Crippen molar-refractivity contribution >= 4 is 11.7 Å². The number of aliphatic hydroxyl groups excluding tert-OH is 1. The summed E-state index contributed by atoms with van der Waals surface area (Å²) in [6, 6.07) is 17.7. The Morgan fingerprint density at radius 1 is 1.14 bits per heavy atom. The molecule has 6 heteroatoms. The largest absolute Gasteiger partial charge is 0.491 e. The Morgan fingerprint density at radius 3 is 2.68 bits per heavy atom. The van der Waals surface area contributed by atoms with Crippen LogP contribution in [-0.4, -0.2) is 66.9 Å². The Balaban J connectivity index is 1.52. The molecule has 1 heterocycles. The minimum atomic E-state index is -0.160. The van der Waals surface area contributed by atoms with Crippen LogP contribution in [0.3, 0.4) is 0 Å². The van der Waals surface area contributed by atoms with E-state index in [0.29, 0.717) is 31.1 Å². The first-order chi connectivity index (χ1) is 13.7. The van der Waals surface area contributed by atoms with E-state index >= 15 is 0 Å². The molecule has 1 unspecified atom stereocenters. The average Bonchev–Trinajstić information content (AvgIpc) is 2.73. The summed E-state index contributed by atoms with van der Waals surface area (Å²) in [5, 5.41) is 12.4. The van der Waals surface area contributed by atoms with Crippen molar-refractivity contribution < 1.29 is 14.6 Å². The maximum Gasteiger partial charge on any atom is 0.322 e. The zero-order valence-corrected chi connectivity index (χ0v) is 16.4. The molecule has 150 valence electrons. The van der Waals surface area contributed by atoms with Gasteiger partial charge in [-0.1, -0.05) is 42.5 Å². The van der Waals surface area contributed by atoms with Gasteiger partial charge in [-0.05, 0) is 37.6 Å². The average molecular weight is 383 g/mol. The molecule has 2 amide bonds. The third kappa shape index (κ3) is 5.47. The van der Waals surface area contributed by atoms with Gasteiger partial charge in [0, 0.05) is 19.6 Å². The van der Waals surface area contributed by atoms with Gasteiger partial charge in [0.25, 0.3) is 0 Å². The first-order valence-corrected chi connectivity index (χ1v) is 9.80. The first kappa shape index (κ1) is 20.2. The van der Waals surface area contributed by atoms with Crippen molar-refractivity contribution in [2.45, 2.75) is 18.9 Å². The van der Waals surface area contributed by atoms with Crippen LogP contribution in [-0.2, 0) is 6.42 Å². The Hall–Kier alpha value is -2.57. The van der Waals surface area contributed by atoms with Gasteiger partial charge in [-0.3, -0.25) is 4.90 Å². The van der Waals surface area contributed by atoms with Crippen LogP contribution in [0.2, 0.25) is 0 Å². The summed E-state index contributed by atoms with van der Waals surface area (Å²) < 4.78 is 5.92. The van der Waals surface area contributed by atoms with E-state index in [-0.39, 0.29) is 18.7 Å². The highest BCUT2D eigenvalue weighted by atomic mass is 16.5. The maximum atomic E-state index is 12.7. The summed E-state index contributed by atoms with van der Waals surface area (Å²) >= 11 is 0. The van der Waals surface area contributed by atoms with Crippen LogP contribution in [0.1, 0.15) is 12.0 Å². The number of hydrogen-bond acceptors (Lipinski definition) is 4. The van der Waals surface area contributed by atoms with E-state index in [2.05, 4.69) is 22.3 Å². The number of carbonyl (C=O) groups excluding carboxylic acids is 1. The van der Waals surface area contributed by atoms with Crippen LogP contribution in [0.4, 0.5) is 10.5 Å². The number of para-hydroxylation sites is 2. The number of carbonyl (C=O) groups is 1. The molecule has 3 rings (SSSR count). The number of aliphatic hydroxyl groups is 1. The molecule has 1 fully saturated rings. The summed E-state index contributed by atoms with van der Waals surface area (Å²) in [6.07, 6.45) is 1.86. The second-order valence-electron chi connectivity index (χ2n) is 7.13. The lowest BCUT2D eigenvalue weighted by atomic mass is 10.1. The molecule has 2 aromatic rings. The molecule has 0 radical (unpaired) electrons. The van der Waals surface area contributed by atoms with Crippen LogP contribution >= 0.6 is 0 Å². The molecule has 1 aliphatic rings. The second kappa shape index (κ2) is 10.1. The van der Waals surface area contributed by atoms with E-state index in [0.717, 1.165) is 19.4 Å². The summed E-state index contributed by atoms with van der Waals surface area (Å²) in [5.74, 6) is 0.678. The van der Waals surface area contributed by atoms with Crippen molar-refractivity contribution in [3.05, 3.63) is 60.2 Å². The molecule has 1 aliphatic heterocycles. The van der Waals surface area contributed by atoms with Crippen LogP contribution in [0.5, 0.6) is 5.75 Å². The number of likely N-dealkylation sites (N-methyl/N-ethyl adjacent to an activating group) is 1. The number of anilines is 1. The van der Waals surface area contributed by atoms with Gasteiger partial charge < -0.3 is 20.1 Å². The maximum absolute atomic E-state index is 12.7. The van der Waals surface area contributed by atoms with Gasteiger partial charge >= 0.3 is 6.03 Å². The summed E-state index contributed by atoms with van der Waals surface area (Å²) in [5.41, 5.74) is 1.97. The second-order valence-corrected chi connectivity index (χ2v) is 7.13. The monoisotopic (exact) mass is 383 g/mol. The van der Waals surface area contributed by atoms with Crippen molar-refractivity contribution in [2.75, 3.05) is 45.2 Å². The lowest BCUT2D eigenvalue weighted by Gasteiger charge is -2.38. The Bertz CT molecular complexity index is 754. The first-order valence-electron chi connectivity index (χ1n) is 9.80. The van der Waals surface area contributed by atoms with Crippen molar-refractivity contribution in [3.63, 3.8) is 0 Å². The van der Waals surface area contributed by atoms with Gasteiger partial charge in [-0.25, -0.2) is 4.79 Å². The molecule has 0 saturated carbocycles. The number of amides is 2. The smallest absolute Gasteiger partial charge is 0.322 e. The SMILES string of the molecule is CN1CCN(C(=O)Nc2ccccc2OCCCc2ccccc2)CC1CO. The number of rotatable bonds is 7. The fraction of sp³-hybridized carbons (Fsp3) is 0.409. The quantitative estimate of drug-likeness (QED) is 0.722.